The van der Waals surface area contributed by atoms with Gasteiger partial charge in [-0.2, -0.15) is 23.5 Å². The summed E-state index contributed by atoms with van der Waals surface area (Å²) < 4.78 is 0. The molecule has 3 N–H and O–H groups in total. The van der Waals surface area contributed by atoms with Crippen molar-refractivity contribution in [3.63, 3.8) is 0 Å². The number of hydrazine groups is 1. The van der Waals surface area contributed by atoms with E-state index in [-0.39, 0.29) is 0 Å². The summed E-state index contributed by atoms with van der Waals surface area (Å²) >= 11 is 4.20. The lowest BCUT2D eigenvalue weighted by molar-refractivity contribution is 0.490. The monoisotopic (exact) mass is 296 g/mol. The highest BCUT2D eigenvalue weighted by atomic mass is 32.2. The van der Waals surface area contributed by atoms with E-state index in [0.717, 1.165) is 11.7 Å². The molecular formula is C15H24N2S2. The molecule has 1 aliphatic rings. The van der Waals surface area contributed by atoms with E-state index in [0.29, 0.717) is 11.3 Å². The number of nitrogens with two attached hydrogens (primary N) is 1. The second-order valence-electron chi connectivity index (χ2n) is 5.12. The molecule has 3 atom stereocenters. The van der Waals surface area contributed by atoms with Crippen molar-refractivity contribution in [3.8, 4) is 0 Å². The summed E-state index contributed by atoms with van der Waals surface area (Å²) in [5.74, 6) is 8.36. The molecule has 0 radical (unpaired) electrons. The van der Waals surface area contributed by atoms with E-state index in [4.69, 9.17) is 5.84 Å². The van der Waals surface area contributed by atoms with Crippen LogP contribution >= 0.6 is 23.5 Å². The molecule has 0 spiro atoms. The van der Waals surface area contributed by atoms with Crippen LogP contribution in [0.1, 0.15) is 24.5 Å². The van der Waals surface area contributed by atoms with Gasteiger partial charge in [0.05, 0.1) is 0 Å². The molecule has 1 heterocycles. The summed E-state index contributed by atoms with van der Waals surface area (Å²) in [6, 6.07) is 9.13. The van der Waals surface area contributed by atoms with Crippen LogP contribution in [0.2, 0.25) is 0 Å². The second-order valence-corrected chi connectivity index (χ2v) is 7.75. The lowest BCUT2D eigenvalue weighted by Crippen LogP contribution is -2.49. The van der Waals surface area contributed by atoms with Crippen molar-refractivity contribution in [2.75, 3.05) is 11.5 Å². The molecule has 0 bridgehead atoms. The topological polar surface area (TPSA) is 38.0 Å². The lowest BCUT2D eigenvalue weighted by atomic mass is 9.99. The van der Waals surface area contributed by atoms with E-state index in [1.807, 2.05) is 0 Å². The molecule has 1 aromatic carbocycles. The van der Waals surface area contributed by atoms with Gasteiger partial charge in [0.25, 0.3) is 0 Å². The highest BCUT2D eigenvalue weighted by molar-refractivity contribution is 8.07. The smallest absolute Gasteiger partial charge is 0.0380 e. The Balaban J connectivity index is 2.06. The molecule has 19 heavy (non-hydrogen) atoms. The summed E-state index contributed by atoms with van der Waals surface area (Å²) in [6.07, 6.45) is 2.25. The van der Waals surface area contributed by atoms with E-state index >= 15 is 0 Å². The van der Waals surface area contributed by atoms with Gasteiger partial charge in [0, 0.05) is 28.0 Å². The highest BCUT2D eigenvalue weighted by Gasteiger charge is 2.31. The SMILES string of the molecule is CCC1SCCSC1C(Cc1cccc(C)c1)NN. The molecule has 1 aromatic rings. The summed E-state index contributed by atoms with van der Waals surface area (Å²) in [4.78, 5) is 0. The molecule has 2 rings (SSSR count). The maximum atomic E-state index is 5.83. The molecular weight excluding hydrogens is 272 g/mol. The van der Waals surface area contributed by atoms with Crippen LogP contribution in [0, 0.1) is 6.92 Å². The Morgan fingerprint density at radius 1 is 1.37 bits per heavy atom. The third kappa shape index (κ3) is 4.15. The van der Waals surface area contributed by atoms with Crippen LogP contribution < -0.4 is 11.3 Å². The van der Waals surface area contributed by atoms with Crippen LogP contribution in [-0.4, -0.2) is 28.0 Å². The molecule has 0 aromatic heterocycles. The number of hydrogen-bond donors (Lipinski definition) is 2. The van der Waals surface area contributed by atoms with Crippen molar-refractivity contribution in [2.45, 2.75) is 43.2 Å². The first kappa shape index (κ1) is 15.2. The van der Waals surface area contributed by atoms with Crippen LogP contribution in [0.25, 0.3) is 0 Å². The Hall–Kier alpha value is -0.160. The van der Waals surface area contributed by atoms with Gasteiger partial charge in [-0.3, -0.25) is 11.3 Å². The average molecular weight is 297 g/mol. The molecule has 1 aliphatic heterocycles. The Bertz CT molecular complexity index is 397. The van der Waals surface area contributed by atoms with Gasteiger partial charge in [0.2, 0.25) is 0 Å². The zero-order valence-corrected chi connectivity index (χ0v) is 13.4. The first-order valence-electron chi connectivity index (χ1n) is 6.99. The molecule has 3 unspecified atom stereocenters. The number of hydrogen-bond acceptors (Lipinski definition) is 4. The average Bonchev–Trinajstić information content (AvgIpc) is 2.45. The summed E-state index contributed by atoms with van der Waals surface area (Å²) in [5.41, 5.74) is 5.78. The van der Waals surface area contributed by atoms with Crippen LogP contribution in [0.15, 0.2) is 24.3 Å². The summed E-state index contributed by atoms with van der Waals surface area (Å²) in [6.45, 7) is 4.44. The number of rotatable bonds is 5. The van der Waals surface area contributed by atoms with Crippen molar-refractivity contribution >= 4 is 23.5 Å². The van der Waals surface area contributed by atoms with Crippen LogP contribution in [-0.2, 0) is 6.42 Å². The number of aryl methyl sites for hydroxylation is 1. The third-order valence-corrected chi connectivity index (χ3v) is 7.05. The molecule has 1 fully saturated rings. The van der Waals surface area contributed by atoms with Gasteiger partial charge in [-0.05, 0) is 25.3 Å². The predicted octanol–water partition coefficient (Wildman–Crippen LogP) is 3.00. The first-order valence-corrected chi connectivity index (χ1v) is 9.09. The second kappa shape index (κ2) is 7.58. The fourth-order valence-corrected chi connectivity index (χ4v) is 5.92. The number of nitrogens with one attached hydrogen (secondary N) is 1. The Morgan fingerprint density at radius 2 is 2.16 bits per heavy atom. The molecule has 1 saturated heterocycles. The van der Waals surface area contributed by atoms with Gasteiger partial charge >= 0.3 is 0 Å². The van der Waals surface area contributed by atoms with Crippen LogP contribution in [0.3, 0.4) is 0 Å². The van der Waals surface area contributed by atoms with Gasteiger partial charge in [-0.15, -0.1) is 0 Å². The Kier molecular flexibility index (Phi) is 6.07. The van der Waals surface area contributed by atoms with E-state index in [2.05, 4.69) is 67.1 Å². The van der Waals surface area contributed by atoms with Gasteiger partial charge in [-0.25, -0.2) is 0 Å². The molecule has 4 heteroatoms. The molecule has 0 saturated carbocycles. The van der Waals surface area contributed by atoms with Gasteiger partial charge < -0.3 is 0 Å². The zero-order chi connectivity index (χ0) is 13.7. The van der Waals surface area contributed by atoms with E-state index in [1.165, 1.54) is 29.1 Å². The zero-order valence-electron chi connectivity index (χ0n) is 11.8. The van der Waals surface area contributed by atoms with Crippen molar-refractivity contribution in [1.82, 2.24) is 5.43 Å². The van der Waals surface area contributed by atoms with Gasteiger partial charge in [0.15, 0.2) is 0 Å². The fraction of sp³-hybridized carbons (Fsp3) is 0.600. The van der Waals surface area contributed by atoms with Crippen molar-refractivity contribution in [3.05, 3.63) is 35.4 Å². The van der Waals surface area contributed by atoms with E-state index in [9.17, 15) is 0 Å². The van der Waals surface area contributed by atoms with Crippen molar-refractivity contribution in [2.24, 2.45) is 5.84 Å². The van der Waals surface area contributed by atoms with Gasteiger partial charge in [-0.1, -0.05) is 36.8 Å². The minimum absolute atomic E-state index is 0.365. The summed E-state index contributed by atoms with van der Waals surface area (Å²) in [7, 11) is 0. The minimum Gasteiger partial charge on any atom is -0.271 e. The fourth-order valence-electron chi connectivity index (χ4n) is 2.67. The van der Waals surface area contributed by atoms with Crippen LogP contribution in [0.5, 0.6) is 0 Å². The largest absolute Gasteiger partial charge is 0.271 e. The molecule has 106 valence electrons. The molecule has 0 amide bonds. The Labute approximate surface area is 125 Å². The quantitative estimate of drug-likeness (QED) is 0.647. The first-order chi connectivity index (χ1) is 9.24. The molecule has 2 nitrogen and oxygen atoms in total. The number of thioether (sulfide) groups is 2. The minimum atomic E-state index is 0.365. The van der Waals surface area contributed by atoms with Gasteiger partial charge in [0.1, 0.15) is 0 Å². The number of benzene rings is 1. The standard InChI is InChI=1S/C15H24N2S2/c1-3-14-15(19-8-7-18-14)13(17-16)10-12-6-4-5-11(2)9-12/h4-6,9,13-15,17H,3,7-8,10,16H2,1-2H3. The third-order valence-electron chi connectivity index (χ3n) is 3.64. The normalized spacial score (nSPS) is 25.2. The highest BCUT2D eigenvalue weighted by Crippen LogP contribution is 2.35. The van der Waals surface area contributed by atoms with E-state index < -0.39 is 0 Å². The molecule has 0 aliphatic carbocycles. The summed E-state index contributed by atoms with van der Waals surface area (Å²) in [5, 5.41) is 1.35. The maximum Gasteiger partial charge on any atom is 0.0380 e. The lowest BCUT2D eigenvalue weighted by Gasteiger charge is -2.35. The van der Waals surface area contributed by atoms with Crippen LogP contribution in [0.4, 0.5) is 0 Å². The maximum absolute atomic E-state index is 5.83. The Morgan fingerprint density at radius 3 is 2.84 bits per heavy atom. The van der Waals surface area contributed by atoms with Crippen molar-refractivity contribution in [1.29, 1.82) is 0 Å². The van der Waals surface area contributed by atoms with Crippen molar-refractivity contribution < 1.29 is 0 Å². The van der Waals surface area contributed by atoms with E-state index in [1.54, 1.807) is 0 Å². The predicted molar refractivity (Wildman–Crippen MR) is 88.8 cm³/mol.